The smallest absolute Gasteiger partial charge is 0.251 e. The summed E-state index contributed by atoms with van der Waals surface area (Å²) in [7, 11) is 0. The third-order valence-corrected chi connectivity index (χ3v) is 5.53. The van der Waals surface area contributed by atoms with Gasteiger partial charge in [0.05, 0.1) is 0 Å². The van der Waals surface area contributed by atoms with Crippen LogP contribution in [0, 0.1) is 5.92 Å². The zero-order valence-electron chi connectivity index (χ0n) is 17.5. The number of amides is 3. The number of nitrogens with one attached hydrogen (secondary N) is 2. The van der Waals surface area contributed by atoms with Crippen LogP contribution in [-0.4, -0.2) is 53.9 Å². The van der Waals surface area contributed by atoms with Crippen molar-refractivity contribution in [3.8, 4) is 5.75 Å². The lowest BCUT2D eigenvalue weighted by Gasteiger charge is -2.31. The van der Waals surface area contributed by atoms with Gasteiger partial charge >= 0.3 is 0 Å². The minimum absolute atomic E-state index is 0.0322. The van der Waals surface area contributed by atoms with E-state index < -0.39 is 0 Å². The van der Waals surface area contributed by atoms with Crippen LogP contribution in [0.4, 0.5) is 0 Å². The maximum Gasteiger partial charge on any atom is 0.251 e. The third-order valence-electron chi connectivity index (χ3n) is 5.53. The van der Waals surface area contributed by atoms with E-state index in [-0.39, 0.29) is 29.4 Å². The Kier molecular flexibility index (Phi) is 8.04. The van der Waals surface area contributed by atoms with Gasteiger partial charge in [0.25, 0.3) is 5.91 Å². The lowest BCUT2D eigenvalue weighted by molar-refractivity contribution is -0.135. The van der Waals surface area contributed by atoms with E-state index in [9.17, 15) is 19.5 Å². The number of aryl methyl sites for hydroxylation is 1. The van der Waals surface area contributed by atoms with Crippen molar-refractivity contribution < 1.29 is 19.5 Å². The number of rotatable bonds is 8. The van der Waals surface area contributed by atoms with Crippen molar-refractivity contribution in [2.45, 2.75) is 25.7 Å². The molecule has 7 nitrogen and oxygen atoms in total. The van der Waals surface area contributed by atoms with Crippen LogP contribution in [0.3, 0.4) is 0 Å². The van der Waals surface area contributed by atoms with Crippen LogP contribution < -0.4 is 10.6 Å². The summed E-state index contributed by atoms with van der Waals surface area (Å²) in [5.74, 6) is -0.148. The number of benzene rings is 2. The quantitative estimate of drug-likeness (QED) is 0.567. The highest BCUT2D eigenvalue weighted by Gasteiger charge is 2.26. The number of piperidine rings is 1. The van der Waals surface area contributed by atoms with E-state index in [1.807, 2.05) is 35.2 Å². The number of nitrogens with zero attached hydrogens (tertiary/aromatic N) is 1. The Labute approximate surface area is 182 Å². The van der Waals surface area contributed by atoms with E-state index in [1.165, 1.54) is 24.3 Å². The van der Waals surface area contributed by atoms with Crippen molar-refractivity contribution in [2.75, 3.05) is 26.2 Å². The fourth-order valence-corrected chi connectivity index (χ4v) is 3.67. The van der Waals surface area contributed by atoms with Gasteiger partial charge in [-0.25, -0.2) is 0 Å². The molecule has 7 heteroatoms. The minimum atomic E-state index is -0.253. The van der Waals surface area contributed by atoms with Crippen molar-refractivity contribution in [2.24, 2.45) is 5.92 Å². The molecule has 3 rings (SSSR count). The molecule has 1 heterocycles. The summed E-state index contributed by atoms with van der Waals surface area (Å²) in [6.07, 6.45) is 2.53. The van der Waals surface area contributed by atoms with Crippen LogP contribution >= 0.6 is 0 Å². The SMILES string of the molecule is O=C(NCCNC(=O)C1CCN(C(=O)CCc2ccccc2)CC1)c1ccc(O)cc1. The molecule has 0 aliphatic carbocycles. The molecule has 1 aliphatic heterocycles. The first kappa shape index (κ1) is 22.3. The molecule has 1 saturated heterocycles. The van der Waals surface area contributed by atoms with Crippen LogP contribution in [0.1, 0.15) is 35.2 Å². The maximum atomic E-state index is 12.4. The molecule has 0 saturated carbocycles. The molecule has 3 N–H and O–H groups in total. The van der Waals surface area contributed by atoms with E-state index >= 15 is 0 Å². The second-order valence-electron chi connectivity index (χ2n) is 7.73. The number of carbonyl (C=O) groups is 3. The Morgan fingerprint density at radius 3 is 2.23 bits per heavy atom. The molecule has 31 heavy (non-hydrogen) atoms. The van der Waals surface area contributed by atoms with Gasteiger partial charge in [0, 0.05) is 44.1 Å². The number of likely N-dealkylation sites (tertiary alicyclic amines) is 1. The highest BCUT2D eigenvalue weighted by atomic mass is 16.3. The van der Waals surface area contributed by atoms with E-state index in [2.05, 4.69) is 10.6 Å². The average molecular weight is 424 g/mol. The van der Waals surface area contributed by atoms with Crippen molar-refractivity contribution >= 4 is 17.7 Å². The number of carbonyl (C=O) groups excluding carboxylic acids is 3. The van der Waals surface area contributed by atoms with E-state index in [4.69, 9.17) is 0 Å². The molecular weight excluding hydrogens is 394 g/mol. The Hall–Kier alpha value is -3.35. The Bertz CT molecular complexity index is 875. The van der Waals surface area contributed by atoms with Crippen molar-refractivity contribution in [3.63, 3.8) is 0 Å². The van der Waals surface area contributed by atoms with Gasteiger partial charge in [-0.15, -0.1) is 0 Å². The summed E-state index contributed by atoms with van der Waals surface area (Å²) < 4.78 is 0. The molecule has 1 fully saturated rings. The summed E-state index contributed by atoms with van der Waals surface area (Å²) >= 11 is 0. The van der Waals surface area contributed by atoms with Crippen LogP contribution in [0.5, 0.6) is 5.75 Å². The highest BCUT2D eigenvalue weighted by Crippen LogP contribution is 2.18. The van der Waals surface area contributed by atoms with Gasteiger partial charge in [-0.05, 0) is 49.1 Å². The van der Waals surface area contributed by atoms with Crippen LogP contribution in [-0.2, 0) is 16.0 Å². The maximum absolute atomic E-state index is 12.4. The molecule has 0 spiro atoms. The summed E-state index contributed by atoms with van der Waals surface area (Å²) in [5, 5.41) is 14.9. The van der Waals surface area contributed by atoms with Gasteiger partial charge in [0.15, 0.2) is 0 Å². The fourth-order valence-electron chi connectivity index (χ4n) is 3.67. The van der Waals surface area contributed by atoms with Crippen molar-refractivity contribution in [3.05, 3.63) is 65.7 Å². The first-order valence-electron chi connectivity index (χ1n) is 10.7. The second-order valence-corrected chi connectivity index (χ2v) is 7.73. The number of phenols is 1. The Morgan fingerprint density at radius 2 is 1.55 bits per heavy atom. The molecular formula is C24H29N3O4. The van der Waals surface area contributed by atoms with Gasteiger partial charge in [0.1, 0.15) is 5.75 Å². The van der Waals surface area contributed by atoms with Crippen molar-refractivity contribution in [1.29, 1.82) is 0 Å². The second kappa shape index (κ2) is 11.2. The Morgan fingerprint density at radius 1 is 0.903 bits per heavy atom. The summed E-state index contributed by atoms with van der Waals surface area (Å²) in [6, 6.07) is 15.9. The zero-order chi connectivity index (χ0) is 22.1. The van der Waals surface area contributed by atoms with Gasteiger partial charge in [-0.2, -0.15) is 0 Å². The molecule has 0 bridgehead atoms. The predicted molar refractivity (Wildman–Crippen MR) is 118 cm³/mol. The third kappa shape index (κ3) is 6.84. The summed E-state index contributed by atoms with van der Waals surface area (Å²) in [4.78, 5) is 38.7. The molecule has 0 atom stereocenters. The van der Waals surface area contributed by atoms with E-state index in [1.54, 1.807) is 0 Å². The summed E-state index contributed by atoms with van der Waals surface area (Å²) in [5.41, 5.74) is 1.61. The molecule has 0 aromatic heterocycles. The predicted octanol–water partition coefficient (Wildman–Crippen LogP) is 2.11. The lowest BCUT2D eigenvalue weighted by Crippen LogP contribution is -2.44. The lowest BCUT2D eigenvalue weighted by atomic mass is 9.95. The van der Waals surface area contributed by atoms with Gasteiger partial charge < -0.3 is 20.6 Å². The molecule has 2 aromatic rings. The topological polar surface area (TPSA) is 98.7 Å². The monoisotopic (exact) mass is 423 g/mol. The molecule has 1 aliphatic rings. The van der Waals surface area contributed by atoms with Crippen LogP contribution in [0.15, 0.2) is 54.6 Å². The zero-order valence-corrected chi connectivity index (χ0v) is 17.5. The average Bonchev–Trinajstić information content (AvgIpc) is 2.81. The normalized spacial score (nSPS) is 14.1. The van der Waals surface area contributed by atoms with Crippen molar-refractivity contribution in [1.82, 2.24) is 15.5 Å². The highest BCUT2D eigenvalue weighted by molar-refractivity contribution is 5.94. The molecule has 3 amide bonds. The Balaban J connectivity index is 1.31. The first-order valence-corrected chi connectivity index (χ1v) is 10.7. The molecule has 164 valence electrons. The molecule has 2 aromatic carbocycles. The number of hydrogen-bond donors (Lipinski definition) is 3. The first-order chi connectivity index (χ1) is 15.0. The molecule has 0 radical (unpaired) electrons. The molecule has 0 unspecified atom stereocenters. The fraction of sp³-hybridized carbons (Fsp3) is 0.375. The number of aromatic hydroxyl groups is 1. The standard InChI is InChI=1S/C24H29N3O4/c28-21-9-7-19(8-10-21)23(30)25-14-15-26-24(31)20-12-16-27(17-13-20)22(29)11-6-18-4-2-1-3-5-18/h1-5,7-10,20,28H,6,11-17H2,(H,25,30)(H,26,31). The van der Waals surface area contributed by atoms with E-state index in [0.29, 0.717) is 51.0 Å². The number of hydrogen-bond acceptors (Lipinski definition) is 4. The van der Waals surface area contributed by atoms with Gasteiger partial charge in [-0.1, -0.05) is 30.3 Å². The largest absolute Gasteiger partial charge is 0.508 e. The van der Waals surface area contributed by atoms with Crippen LogP contribution in [0.25, 0.3) is 0 Å². The van der Waals surface area contributed by atoms with Gasteiger partial charge in [0.2, 0.25) is 11.8 Å². The van der Waals surface area contributed by atoms with Gasteiger partial charge in [-0.3, -0.25) is 14.4 Å². The minimum Gasteiger partial charge on any atom is -0.508 e. The van der Waals surface area contributed by atoms with E-state index in [0.717, 1.165) is 12.0 Å². The van der Waals surface area contributed by atoms with Crippen LogP contribution in [0.2, 0.25) is 0 Å². The summed E-state index contributed by atoms with van der Waals surface area (Å²) in [6.45, 7) is 1.87. The number of phenolic OH excluding ortho intramolecular Hbond substituents is 1.